The molecule has 222 valence electrons. The molecule has 4 aromatic rings. The van der Waals surface area contributed by atoms with Crippen molar-refractivity contribution in [1.82, 2.24) is 0 Å². The number of thiophene rings is 2. The molecule has 0 radical (unpaired) electrons. The SMILES string of the molecule is CC(CC(CP(c1cccs1)c1cccs1)=Nc1c(C(C)C)cccc1C(C)C)=Nc1c(C(C)C)cccc1C(C)C. The van der Waals surface area contributed by atoms with Crippen molar-refractivity contribution in [3.63, 3.8) is 0 Å². The zero-order valence-electron chi connectivity index (χ0n) is 26.8. The Morgan fingerprint density at radius 3 is 1.36 bits per heavy atom. The number of hydrogen-bond acceptors (Lipinski definition) is 4. The Balaban J connectivity index is 1.86. The predicted molar refractivity (Wildman–Crippen MR) is 193 cm³/mol. The van der Waals surface area contributed by atoms with E-state index in [1.165, 1.54) is 42.9 Å². The molecule has 0 spiro atoms. The second kappa shape index (κ2) is 14.9. The first-order valence-corrected chi connectivity index (χ1v) is 18.6. The molecule has 42 heavy (non-hydrogen) atoms. The standard InChI is InChI=1S/C37H47N2PS2/c1-24(2)30-14-10-15-31(25(3)4)36(30)38-28(9)22-29(23-40(34-18-12-20-41-34)35-19-13-21-42-35)39-37-32(26(5)6)16-11-17-33(37)27(7)8/h10-21,24-27H,22-23H2,1-9H3. The van der Waals surface area contributed by atoms with E-state index in [1.54, 1.807) is 0 Å². The molecule has 0 saturated heterocycles. The van der Waals surface area contributed by atoms with Gasteiger partial charge in [0.25, 0.3) is 0 Å². The Labute approximate surface area is 263 Å². The molecule has 2 aromatic heterocycles. The van der Waals surface area contributed by atoms with E-state index in [1.807, 2.05) is 22.7 Å². The van der Waals surface area contributed by atoms with Gasteiger partial charge in [0.1, 0.15) is 0 Å². The van der Waals surface area contributed by atoms with Gasteiger partial charge in [-0.25, -0.2) is 0 Å². The van der Waals surface area contributed by atoms with E-state index in [2.05, 4.69) is 134 Å². The molecule has 0 aliphatic carbocycles. The van der Waals surface area contributed by atoms with Crippen molar-refractivity contribution in [2.45, 2.75) is 92.4 Å². The lowest BCUT2D eigenvalue weighted by atomic mass is 9.92. The number of rotatable bonds is 12. The van der Waals surface area contributed by atoms with Gasteiger partial charge in [-0.3, -0.25) is 9.98 Å². The number of para-hydroxylation sites is 2. The van der Waals surface area contributed by atoms with Gasteiger partial charge in [-0.05, 0) is 83.7 Å². The van der Waals surface area contributed by atoms with E-state index < -0.39 is 7.92 Å². The first-order chi connectivity index (χ1) is 20.1. The summed E-state index contributed by atoms with van der Waals surface area (Å²) in [6.45, 7) is 20.4. The van der Waals surface area contributed by atoms with Crippen LogP contribution in [0.1, 0.15) is 115 Å². The van der Waals surface area contributed by atoms with Crippen LogP contribution in [0.5, 0.6) is 0 Å². The first-order valence-electron chi connectivity index (χ1n) is 15.3. The maximum absolute atomic E-state index is 5.62. The van der Waals surface area contributed by atoms with E-state index in [0.717, 1.165) is 24.0 Å². The fourth-order valence-electron chi connectivity index (χ4n) is 5.39. The normalized spacial score (nSPS) is 13.0. The van der Waals surface area contributed by atoms with E-state index >= 15 is 0 Å². The van der Waals surface area contributed by atoms with Crippen LogP contribution in [0.4, 0.5) is 11.4 Å². The van der Waals surface area contributed by atoms with Crippen LogP contribution < -0.4 is 9.24 Å². The Bertz CT molecular complexity index is 1410. The fraction of sp³-hybridized carbons (Fsp3) is 0.405. The van der Waals surface area contributed by atoms with Crippen molar-refractivity contribution in [2.24, 2.45) is 9.98 Å². The van der Waals surface area contributed by atoms with Crippen molar-refractivity contribution >= 4 is 62.6 Å². The van der Waals surface area contributed by atoms with Crippen LogP contribution >= 0.6 is 30.6 Å². The first kappa shape index (κ1) is 32.5. The Hall–Kier alpha value is -2.39. The van der Waals surface area contributed by atoms with Crippen molar-refractivity contribution in [3.05, 3.63) is 93.7 Å². The van der Waals surface area contributed by atoms with Crippen molar-refractivity contribution in [1.29, 1.82) is 0 Å². The van der Waals surface area contributed by atoms with Crippen LogP contribution in [0.15, 0.2) is 81.4 Å². The molecule has 0 N–H and O–H groups in total. The summed E-state index contributed by atoms with van der Waals surface area (Å²) in [4.78, 5) is 11.0. The molecule has 0 saturated carbocycles. The van der Waals surface area contributed by atoms with Gasteiger partial charge in [0, 0.05) is 33.2 Å². The largest absolute Gasteiger partial charge is 0.257 e. The predicted octanol–water partition coefficient (Wildman–Crippen LogP) is 11.7. The zero-order chi connectivity index (χ0) is 30.4. The van der Waals surface area contributed by atoms with E-state index in [0.29, 0.717) is 23.7 Å². The third-order valence-corrected chi connectivity index (χ3v) is 12.9. The lowest BCUT2D eigenvalue weighted by Crippen LogP contribution is -2.17. The van der Waals surface area contributed by atoms with E-state index in [4.69, 9.17) is 9.98 Å². The zero-order valence-corrected chi connectivity index (χ0v) is 29.3. The summed E-state index contributed by atoms with van der Waals surface area (Å²) in [7, 11) is -0.534. The molecule has 0 aliphatic heterocycles. The molecule has 2 aromatic carbocycles. The van der Waals surface area contributed by atoms with Crippen molar-refractivity contribution < 1.29 is 0 Å². The molecular formula is C37H47N2PS2. The summed E-state index contributed by atoms with van der Waals surface area (Å²) in [6, 6.07) is 22.4. The lowest BCUT2D eigenvalue weighted by Gasteiger charge is -2.21. The Morgan fingerprint density at radius 1 is 0.595 bits per heavy atom. The van der Waals surface area contributed by atoms with E-state index in [-0.39, 0.29) is 0 Å². The molecule has 0 aliphatic rings. The van der Waals surface area contributed by atoms with Crippen molar-refractivity contribution in [3.8, 4) is 0 Å². The van der Waals surface area contributed by atoms with Crippen LogP contribution in [-0.2, 0) is 0 Å². The fourth-order valence-corrected chi connectivity index (χ4v) is 10.4. The maximum atomic E-state index is 5.62. The lowest BCUT2D eigenvalue weighted by molar-refractivity contribution is 0.834. The molecule has 0 amide bonds. The highest BCUT2D eigenvalue weighted by Gasteiger charge is 2.22. The Morgan fingerprint density at radius 2 is 1.00 bits per heavy atom. The van der Waals surface area contributed by atoms with Crippen LogP contribution in [0.2, 0.25) is 0 Å². The van der Waals surface area contributed by atoms with Crippen LogP contribution in [0, 0.1) is 0 Å². The summed E-state index contributed by atoms with van der Waals surface area (Å²) < 4.78 is 2.92. The highest BCUT2D eigenvalue weighted by molar-refractivity contribution is 7.82. The maximum Gasteiger partial charge on any atom is 0.0698 e. The number of aliphatic imine (C=N–C) groups is 2. The smallest absolute Gasteiger partial charge is 0.0698 e. The van der Waals surface area contributed by atoms with Gasteiger partial charge in [-0.2, -0.15) is 0 Å². The van der Waals surface area contributed by atoms with Gasteiger partial charge >= 0.3 is 0 Å². The summed E-state index contributed by atoms with van der Waals surface area (Å²) in [5, 5.41) is 4.42. The molecule has 0 fully saturated rings. The van der Waals surface area contributed by atoms with Gasteiger partial charge in [-0.1, -0.05) is 104 Å². The van der Waals surface area contributed by atoms with Crippen LogP contribution in [-0.4, -0.2) is 17.6 Å². The van der Waals surface area contributed by atoms with Gasteiger partial charge in [-0.15, -0.1) is 22.7 Å². The summed E-state index contributed by atoms with van der Waals surface area (Å²) in [5.74, 6) is 1.64. The summed E-state index contributed by atoms with van der Waals surface area (Å²) in [5.41, 5.74) is 9.99. The van der Waals surface area contributed by atoms with E-state index in [9.17, 15) is 0 Å². The van der Waals surface area contributed by atoms with Gasteiger partial charge in [0.2, 0.25) is 0 Å². The highest BCUT2D eigenvalue weighted by atomic mass is 32.1. The number of hydrogen-bond donors (Lipinski definition) is 0. The van der Waals surface area contributed by atoms with Crippen LogP contribution in [0.25, 0.3) is 0 Å². The number of benzene rings is 2. The molecule has 2 heterocycles. The second-order valence-electron chi connectivity index (χ2n) is 12.4. The highest BCUT2D eigenvalue weighted by Crippen LogP contribution is 2.41. The molecule has 0 atom stereocenters. The molecular weight excluding hydrogens is 568 g/mol. The molecule has 0 unspecified atom stereocenters. The minimum atomic E-state index is -0.534. The monoisotopic (exact) mass is 614 g/mol. The average molecular weight is 615 g/mol. The molecule has 5 heteroatoms. The third kappa shape index (κ3) is 7.95. The summed E-state index contributed by atoms with van der Waals surface area (Å²) >= 11 is 3.75. The van der Waals surface area contributed by atoms with Gasteiger partial charge in [0.05, 0.1) is 11.4 Å². The number of nitrogens with zero attached hydrogens (tertiary/aromatic N) is 2. The van der Waals surface area contributed by atoms with Crippen LogP contribution in [0.3, 0.4) is 0 Å². The Kier molecular flexibility index (Phi) is 11.5. The summed E-state index contributed by atoms with van der Waals surface area (Å²) in [6.07, 6.45) is 1.71. The minimum Gasteiger partial charge on any atom is -0.257 e. The third-order valence-electron chi connectivity index (χ3n) is 7.60. The van der Waals surface area contributed by atoms with Gasteiger partial charge < -0.3 is 0 Å². The molecule has 4 rings (SSSR count). The quantitative estimate of drug-likeness (QED) is 0.112. The minimum absolute atomic E-state index is 0.404. The van der Waals surface area contributed by atoms with Gasteiger partial charge in [0.15, 0.2) is 0 Å². The molecule has 0 bridgehead atoms. The van der Waals surface area contributed by atoms with Crippen molar-refractivity contribution in [2.75, 3.05) is 6.16 Å². The molecule has 2 nitrogen and oxygen atoms in total. The average Bonchev–Trinajstić information content (AvgIpc) is 3.66. The second-order valence-corrected chi connectivity index (χ2v) is 17.0. The topological polar surface area (TPSA) is 24.7 Å².